The fourth-order valence-electron chi connectivity index (χ4n) is 4.31. The Bertz CT molecular complexity index is 1650. The van der Waals surface area contributed by atoms with Crippen molar-refractivity contribution in [3.8, 4) is 5.75 Å². The number of aromatic nitrogens is 2. The first-order valence-electron chi connectivity index (χ1n) is 12.9. The summed E-state index contributed by atoms with van der Waals surface area (Å²) in [6.07, 6.45) is -10.6. The average Bonchev–Trinajstić information content (AvgIpc) is 3.20. The molecule has 2 heterocycles. The Morgan fingerprint density at radius 3 is 2.58 bits per heavy atom. The fraction of sp³-hybridized carbons (Fsp3) is 0.423. The average molecular weight is 666 g/mol. The van der Waals surface area contributed by atoms with Crippen molar-refractivity contribution >= 4 is 46.8 Å². The molecule has 6 atom stereocenters. The third-order valence-electron chi connectivity index (χ3n) is 6.47. The number of aliphatic hydroxyl groups excluding tert-OH is 1. The van der Waals surface area contributed by atoms with E-state index in [4.69, 9.17) is 41.9 Å². The Hall–Kier alpha value is -2.78. The van der Waals surface area contributed by atoms with Gasteiger partial charge in [-0.1, -0.05) is 48.0 Å². The van der Waals surface area contributed by atoms with Gasteiger partial charge >= 0.3 is 18.3 Å². The van der Waals surface area contributed by atoms with E-state index in [0.29, 0.717) is 16.2 Å². The van der Waals surface area contributed by atoms with Gasteiger partial charge in [0.25, 0.3) is 12.0 Å². The van der Waals surface area contributed by atoms with Crippen LogP contribution in [0.25, 0.3) is 10.8 Å². The van der Waals surface area contributed by atoms with Gasteiger partial charge in [-0.15, -0.1) is 0 Å². The second kappa shape index (κ2) is 13.1. The molecule has 2 aromatic carbocycles. The number of H-pyrrole nitrogens is 1. The number of aromatic amines is 1. The molecule has 1 aliphatic heterocycles. The first-order valence-corrected chi connectivity index (χ1v) is 15.9. The number of benzene rings is 2. The van der Waals surface area contributed by atoms with Crippen LogP contribution >= 0.6 is 18.2 Å². The van der Waals surface area contributed by atoms with Crippen LogP contribution in [0, 0.1) is 0 Å². The third-order valence-corrected chi connectivity index (χ3v) is 9.20. The Labute approximate surface area is 253 Å². The van der Waals surface area contributed by atoms with Crippen molar-refractivity contribution in [2.24, 2.45) is 0 Å². The van der Waals surface area contributed by atoms with Gasteiger partial charge in [0, 0.05) is 11.6 Å². The number of alkyl halides is 3. The Balaban J connectivity index is 1.69. The summed E-state index contributed by atoms with van der Waals surface area (Å²) in [5, 5.41) is 14.2. The van der Waals surface area contributed by atoms with Crippen LogP contribution in [0.2, 0.25) is 5.02 Å². The molecule has 43 heavy (non-hydrogen) atoms. The molecule has 0 amide bonds. The number of halogens is 4. The molecule has 3 aromatic rings. The van der Waals surface area contributed by atoms with Gasteiger partial charge in [-0.25, -0.2) is 23.1 Å². The van der Waals surface area contributed by atoms with Crippen molar-refractivity contribution < 1.29 is 41.6 Å². The lowest BCUT2D eigenvalue weighted by atomic mass is 9.97. The van der Waals surface area contributed by atoms with Crippen LogP contribution in [0.4, 0.5) is 13.2 Å². The zero-order chi connectivity index (χ0) is 31.7. The molecular formula is C26H28ClF3N3O8PS. The minimum Gasteiger partial charge on any atom is -0.462 e. The second-order valence-electron chi connectivity index (χ2n) is 9.97. The molecule has 4 rings (SSSR count). The number of aliphatic hydroxyl groups is 1. The summed E-state index contributed by atoms with van der Waals surface area (Å²) in [4.78, 5) is 38.3. The van der Waals surface area contributed by atoms with Gasteiger partial charge in [-0.2, -0.15) is 0 Å². The Morgan fingerprint density at radius 2 is 1.91 bits per heavy atom. The summed E-state index contributed by atoms with van der Waals surface area (Å²) < 4.78 is 67.3. The maximum atomic E-state index is 15.3. The molecular weight excluding hydrogens is 638 g/mol. The monoisotopic (exact) mass is 665 g/mol. The van der Waals surface area contributed by atoms with Gasteiger partial charge in [0.2, 0.25) is 0 Å². The van der Waals surface area contributed by atoms with E-state index in [1.165, 1.54) is 6.92 Å². The smallest absolute Gasteiger partial charge is 0.330 e. The molecule has 0 bridgehead atoms. The molecule has 1 aromatic heterocycles. The Morgan fingerprint density at radius 1 is 1.23 bits per heavy atom. The van der Waals surface area contributed by atoms with E-state index in [9.17, 15) is 28.3 Å². The largest absolute Gasteiger partial charge is 0.462 e. The van der Waals surface area contributed by atoms with E-state index < -0.39 is 78.2 Å². The number of nitrogens with one attached hydrogen (secondary N) is 2. The number of carbonyl (C=O) groups is 1. The molecule has 17 heteroatoms. The number of hydrogen-bond donors (Lipinski definition) is 3. The molecule has 11 nitrogen and oxygen atoms in total. The van der Waals surface area contributed by atoms with Crippen LogP contribution < -0.4 is 20.9 Å². The van der Waals surface area contributed by atoms with E-state index in [0.717, 1.165) is 5.39 Å². The molecule has 0 spiro atoms. The first kappa shape index (κ1) is 33.1. The number of fused-ring (bicyclic) bond motifs is 1. The van der Waals surface area contributed by atoms with E-state index >= 15 is 4.39 Å². The lowest BCUT2D eigenvalue weighted by Gasteiger charge is -2.34. The molecule has 3 N–H and O–H groups in total. The third kappa shape index (κ3) is 6.98. The number of ether oxygens (including phenoxy) is 2. The van der Waals surface area contributed by atoms with E-state index in [-0.39, 0.29) is 5.75 Å². The highest BCUT2D eigenvalue weighted by molar-refractivity contribution is 8.09. The van der Waals surface area contributed by atoms with Crippen LogP contribution in [0.5, 0.6) is 5.75 Å². The number of carbonyl (C=O) groups excluding carboxylic acids is 1. The van der Waals surface area contributed by atoms with Gasteiger partial charge in [0.1, 0.15) is 22.9 Å². The van der Waals surface area contributed by atoms with Crippen molar-refractivity contribution in [2.45, 2.75) is 63.4 Å². The van der Waals surface area contributed by atoms with E-state index in [1.54, 1.807) is 56.3 Å². The SMILES string of the molecule is CC(C)OC(=O)[C@H](C)NP(=S)(OC[C@@]1(C(F)F)O[C@@H](n2cc(Cl)c(=O)[nH]c2=O)[C@H](F)[C@@H]1O)Oc1cccc2ccccc12. The summed E-state index contributed by atoms with van der Waals surface area (Å²) in [6, 6.07) is 10.9. The highest BCUT2D eigenvalue weighted by Crippen LogP contribution is 2.50. The van der Waals surface area contributed by atoms with Gasteiger partial charge < -0.3 is 23.6 Å². The second-order valence-corrected chi connectivity index (χ2v) is 13.5. The number of hydrogen-bond acceptors (Lipinski definition) is 9. The van der Waals surface area contributed by atoms with Crippen molar-refractivity contribution in [3.05, 3.63) is 74.5 Å². The summed E-state index contributed by atoms with van der Waals surface area (Å²) >= 11 is 11.4. The van der Waals surface area contributed by atoms with Gasteiger partial charge in [0.05, 0.1) is 12.7 Å². The minimum absolute atomic E-state index is 0.188. The van der Waals surface area contributed by atoms with Crippen LogP contribution in [-0.2, 0) is 30.6 Å². The molecule has 0 radical (unpaired) electrons. The predicted molar refractivity (Wildman–Crippen MR) is 155 cm³/mol. The number of nitrogens with zero attached hydrogens (tertiary/aromatic N) is 1. The van der Waals surface area contributed by atoms with Crippen molar-refractivity contribution in [1.29, 1.82) is 0 Å². The first-order chi connectivity index (χ1) is 20.2. The summed E-state index contributed by atoms with van der Waals surface area (Å²) in [5.41, 5.74) is -5.28. The molecule has 1 aliphatic rings. The number of esters is 1. The molecule has 1 saturated heterocycles. The lowest BCUT2D eigenvalue weighted by Crippen LogP contribution is -2.52. The molecule has 0 saturated carbocycles. The summed E-state index contributed by atoms with van der Waals surface area (Å²) in [6.45, 7) is -0.594. The van der Waals surface area contributed by atoms with Gasteiger partial charge in [-0.05, 0) is 44.0 Å². The van der Waals surface area contributed by atoms with E-state index in [1.807, 2.05) is 4.98 Å². The molecule has 0 aliphatic carbocycles. The van der Waals surface area contributed by atoms with Crippen LogP contribution in [-0.4, -0.2) is 63.7 Å². The molecule has 1 unspecified atom stereocenters. The summed E-state index contributed by atoms with van der Waals surface area (Å²) in [5.74, 6) is -0.554. The van der Waals surface area contributed by atoms with Crippen molar-refractivity contribution in [1.82, 2.24) is 14.6 Å². The van der Waals surface area contributed by atoms with E-state index in [2.05, 4.69) is 5.09 Å². The maximum Gasteiger partial charge on any atom is 0.330 e. The van der Waals surface area contributed by atoms with Gasteiger partial charge in [-0.3, -0.25) is 19.1 Å². The zero-order valence-corrected chi connectivity index (χ0v) is 25.4. The quantitative estimate of drug-likeness (QED) is 0.205. The summed E-state index contributed by atoms with van der Waals surface area (Å²) in [7, 11) is 0. The van der Waals surface area contributed by atoms with Crippen molar-refractivity contribution in [3.63, 3.8) is 0 Å². The zero-order valence-electron chi connectivity index (χ0n) is 22.9. The molecule has 234 valence electrons. The van der Waals surface area contributed by atoms with Crippen LogP contribution in [0.1, 0.15) is 27.0 Å². The normalized spacial score (nSPS) is 24.3. The van der Waals surface area contributed by atoms with Gasteiger partial charge in [0.15, 0.2) is 18.0 Å². The minimum atomic E-state index is -4.00. The number of rotatable bonds is 11. The topological polar surface area (TPSA) is 141 Å². The lowest BCUT2D eigenvalue weighted by molar-refractivity contribution is -0.192. The standard InChI is InChI=1S/C26H28ClF3N3O8PS/c1-13(2)39-23(36)14(3)32-42(43,41-18-10-6-8-15-7-4-5-9-16(15)18)38-12-26(24(29)30)20(34)19(28)22(40-26)33-11-17(27)21(35)31-25(33)37/h4-11,13-14,19-20,22,24,34H,12H2,1-3H3,(H,32,43)(H,31,35,37)/t14-,19+,20-,22+,26+,42?/m0/s1. The molecule has 1 fully saturated rings. The highest BCUT2D eigenvalue weighted by atomic mass is 35.5. The maximum absolute atomic E-state index is 15.3. The van der Waals surface area contributed by atoms with Crippen LogP contribution in [0.3, 0.4) is 0 Å². The van der Waals surface area contributed by atoms with Crippen molar-refractivity contribution in [2.75, 3.05) is 6.61 Å². The Kier molecular flexibility index (Phi) is 10.1. The fourth-order valence-corrected chi connectivity index (χ4v) is 6.89. The predicted octanol–water partition coefficient (Wildman–Crippen LogP) is 3.82. The van der Waals surface area contributed by atoms with Crippen LogP contribution in [0.15, 0.2) is 58.3 Å². The highest BCUT2D eigenvalue weighted by Gasteiger charge is 2.62.